The van der Waals surface area contributed by atoms with Crippen molar-refractivity contribution >= 4 is 27.3 Å². The Bertz CT molecular complexity index is 493. The topological polar surface area (TPSA) is 92.7 Å². The lowest BCUT2D eigenvalue weighted by atomic mass is 10.4. The molecule has 0 aliphatic heterocycles. The predicted octanol–water partition coefficient (Wildman–Crippen LogP) is 0.759. The quantitative estimate of drug-likeness (QED) is 0.802. The molecule has 0 aliphatic carbocycles. The molecule has 0 amide bonds. The summed E-state index contributed by atoms with van der Waals surface area (Å²) in [6, 6.07) is 2.17. The molecule has 0 spiro atoms. The molecule has 2 N–H and O–H groups in total. The van der Waals surface area contributed by atoms with Crippen LogP contribution in [0.25, 0.3) is 0 Å². The normalized spacial score (nSPS) is 13.5. The van der Waals surface area contributed by atoms with Gasteiger partial charge in [-0.25, -0.2) is 17.9 Å². The first kappa shape index (κ1) is 14.1. The largest absolute Gasteiger partial charge is 0.477 e. The van der Waals surface area contributed by atoms with E-state index < -0.39 is 16.0 Å². The highest BCUT2D eigenvalue weighted by molar-refractivity contribution is 7.91. The van der Waals surface area contributed by atoms with Crippen LogP contribution in [0.5, 0.6) is 0 Å². The number of hydrogen-bond donors (Lipinski definition) is 2. The van der Waals surface area contributed by atoms with E-state index in [1.165, 1.54) is 19.2 Å². The third-order valence-electron chi connectivity index (χ3n) is 1.83. The summed E-state index contributed by atoms with van der Waals surface area (Å²) in [7, 11) is -2.20. The van der Waals surface area contributed by atoms with Gasteiger partial charge in [0, 0.05) is 13.2 Å². The van der Waals surface area contributed by atoms with Crippen molar-refractivity contribution in [2.75, 3.05) is 13.7 Å². The molecule has 0 fully saturated rings. The van der Waals surface area contributed by atoms with Crippen molar-refractivity contribution in [2.24, 2.45) is 0 Å². The molecule has 1 aromatic rings. The van der Waals surface area contributed by atoms with Gasteiger partial charge in [0.15, 0.2) is 0 Å². The lowest BCUT2D eigenvalue weighted by Gasteiger charge is -2.11. The first-order valence-corrected chi connectivity index (χ1v) is 7.01. The highest BCUT2D eigenvalue weighted by atomic mass is 32.2. The number of carboxylic acid groups (broad SMARTS) is 1. The Kier molecular flexibility index (Phi) is 4.63. The van der Waals surface area contributed by atoms with Crippen molar-refractivity contribution in [3.8, 4) is 0 Å². The predicted molar refractivity (Wildman–Crippen MR) is 62.9 cm³/mol. The monoisotopic (exact) mass is 279 g/mol. The summed E-state index contributed by atoms with van der Waals surface area (Å²) in [5.41, 5.74) is 0. The number of sulfonamides is 1. The maximum absolute atomic E-state index is 11.8. The minimum absolute atomic E-state index is 0.00947. The van der Waals surface area contributed by atoms with Crippen LogP contribution in [-0.4, -0.2) is 39.3 Å². The Morgan fingerprint density at radius 2 is 2.24 bits per heavy atom. The summed E-state index contributed by atoms with van der Waals surface area (Å²) in [6.45, 7) is 1.91. The van der Waals surface area contributed by atoms with Crippen LogP contribution in [0.3, 0.4) is 0 Å². The minimum atomic E-state index is -3.67. The first-order chi connectivity index (χ1) is 7.86. The van der Waals surface area contributed by atoms with Gasteiger partial charge in [0.1, 0.15) is 9.09 Å². The average Bonchev–Trinajstić information content (AvgIpc) is 2.65. The molecule has 0 saturated heterocycles. The third kappa shape index (κ3) is 3.77. The standard InChI is InChI=1S/C9H13NO5S2/c1-6(5-15-2)10-17(13,14)8-4-3-7(16-8)9(11)12/h3-4,6,10H,5H2,1-2H3,(H,11,12). The molecule has 0 aromatic carbocycles. The Balaban J connectivity index is 2.86. The van der Waals surface area contributed by atoms with Crippen LogP contribution in [0.1, 0.15) is 16.6 Å². The molecular formula is C9H13NO5S2. The second-order valence-corrected chi connectivity index (χ2v) is 6.43. The van der Waals surface area contributed by atoms with E-state index in [0.717, 1.165) is 11.3 Å². The number of aromatic carboxylic acids is 1. The van der Waals surface area contributed by atoms with Crippen LogP contribution in [-0.2, 0) is 14.8 Å². The van der Waals surface area contributed by atoms with E-state index in [1.807, 2.05) is 0 Å². The maximum atomic E-state index is 11.8. The van der Waals surface area contributed by atoms with E-state index in [0.29, 0.717) is 0 Å². The van der Waals surface area contributed by atoms with Crippen molar-refractivity contribution in [1.29, 1.82) is 0 Å². The third-order valence-corrected chi connectivity index (χ3v) is 4.98. The highest BCUT2D eigenvalue weighted by Crippen LogP contribution is 2.21. The van der Waals surface area contributed by atoms with Gasteiger partial charge in [0.05, 0.1) is 6.61 Å². The summed E-state index contributed by atoms with van der Waals surface area (Å²) >= 11 is 0.717. The van der Waals surface area contributed by atoms with Gasteiger partial charge in [-0.15, -0.1) is 11.3 Å². The molecule has 6 nitrogen and oxygen atoms in total. The second kappa shape index (κ2) is 5.58. The Labute approximate surface area is 103 Å². The van der Waals surface area contributed by atoms with Gasteiger partial charge >= 0.3 is 5.97 Å². The summed E-state index contributed by atoms with van der Waals surface area (Å²) < 4.78 is 30.8. The average molecular weight is 279 g/mol. The zero-order valence-corrected chi connectivity index (χ0v) is 11.0. The lowest BCUT2D eigenvalue weighted by molar-refractivity contribution is 0.0702. The molecule has 8 heteroatoms. The van der Waals surface area contributed by atoms with Crippen molar-refractivity contribution in [3.05, 3.63) is 17.0 Å². The van der Waals surface area contributed by atoms with Crippen LogP contribution in [0.15, 0.2) is 16.3 Å². The fourth-order valence-corrected chi connectivity index (χ4v) is 3.58. The summed E-state index contributed by atoms with van der Waals surface area (Å²) in [5, 5.41) is 8.71. The van der Waals surface area contributed by atoms with E-state index in [1.54, 1.807) is 6.92 Å². The van der Waals surface area contributed by atoms with Crippen molar-refractivity contribution in [2.45, 2.75) is 17.2 Å². The fourth-order valence-electron chi connectivity index (χ4n) is 1.19. The van der Waals surface area contributed by atoms with Gasteiger partial charge in [0.2, 0.25) is 10.0 Å². The Morgan fingerprint density at radius 1 is 1.59 bits per heavy atom. The van der Waals surface area contributed by atoms with E-state index in [9.17, 15) is 13.2 Å². The SMILES string of the molecule is COCC(C)NS(=O)(=O)c1ccc(C(=O)O)s1. The number of nitrogens with one attached hydrogen (secondary N) is 1. The number of hydrogen-bond acceptors (Lipinski definition) is 5. The Hall–Kier alpha value is -0.960. The summed E-state index contributed by atoms with van der Waals surface area (Å²) in [6.07, 6.45) is 0. The summed E-state index contributed by atoms with van der Waals surface area (Å²) in [4.78, 5) is 10.6. The summed E-state index contributed by atoms with van der Waals surface area (Å²) in [5.74, 6) is -1.14. The van der Waals surface area contributed by atoms with Gasteiger partial charge in [-0.2, -0.15) is 0 Å². The molecule has 1 heterocycles. The number of methoxy groups -OCH3 is 1. The molecule has 17 heavy (non-hydrogen) atoms. The number of ether oxygens (including phenoxy) is 1. The van der Waals surface area contributed by atoms with Crippen LogP contribution in [0, 0.1) is 0 Å². The van der Waals surface area contributed by atoms with Crippen LogP contribution in [0.2, 0.25) is 0 Å². The van der Waals surface area contributed by atoms with Gasteiger partial charge in [-0.3, -0.25) is 0 Å². The lowest BCUT2D eigenvalue weighted by Crippen LogP contribution is -2.35. The first-order valence-electron chi connectivity index (χ1n) is 4.71. The molecule has 0 radical (unpaired) electrons. The molecular weight excluding hydrogens is 266 g/mol. The van der Waals surface area contributed by atoms with Crippen LogP contribution in [0.4, 0.5) is 0 Å². The number of thiophene rings is 1. The molecule has 0 saturated carbocycles. The molecule has 1 atom stereocenters. The van der Waals surface area contributed by atoms with E-state index in [2.05, 4.69) is 4.72 Å². The molecule has 0 bridgehead atoms. The maximum Gasteiger partial charge on any atom is 0.345 e. The van der Waals surface area contributed by atoms with Gasteiger partial charge < -0.3 is 9.84 Å². The molecule has 1 rings (SSSR count). The van der Waals surface area contributed by atoms with Crippen LogP contribution >= 0.6 is 11.3 Å². The Morgan fingerprint density at radius 3 is 2.71 bits per heavy atom. The van der Waals surface area contributed by atoms with Crippen molar-refractivity contribution in [3.63, 3.8) is 0 Å². The smallest absolute Gasteiger partial charge is 0.345 e. The van der Waals surface area contributed by atoms with Crippen molar-refractivity contribution in [1.82, 2.24) is 4.72 Å². The van der Waals surface area contributed by atoms with Gasteiger partial charge in [-0.1, -0.05) is 0 Å². The molecule has 1 unspecified atom stereocenters. The minimum Gasteiger partial charge on any atom is -0.477 e. The number of rotatable bonds is 6. The molecule has 1 aromatic heterocycles. The zero-order chi connectivity index (χ0) is 13.1. The van der Waals surface area contributed by atoms with Gasteiger partial charge in [-0.05, 0) is 19.1 Å². The second-order valence-electron chi connectivity index (χ2n) is 3.40. The van der Waals surface area contributed by atoms with Crippen molar-refractivity contribution < 1.29 is 23.1 Å². The van der Waals surface area contributed by atoms with E-state index in [4.69, 9.17) is 9.84 Å². The number of carboxylic acids is 1. The molecule has 0 aliphatic rings. The number of carbonyl (C=O) groups is 1. The van der Waals surface area contributed by atoms with E-state index in [-0.39, 0.29) is 21.7 Å². The molecule has 96 valence electrons. The van der Waals surface area contributed by atoms with Crippen LogP contribution < -0.4 is 4.72 Å². The highest BCUT2D eigenvalue weighted by Gasteiger charge is 2.20. The van der Waals surface area contributed by atoms with E-state index >= 15 is 0 Å². The van der Waals surface area contributed by atoms with Gasteiger partial charge in [0.25, 0.3) is 0 Å². The fraction of sp³-hybridized carbons (Fsp3) is 0.444. The zero-order valence-electron chi connectivity index (χ0n) is 9.34.